The lowest BCUT2D eigenvalue weighted by molar-refractivity contribution is -0.140. The van der Waals surface area contributed by atoms with Gasteiger partial charge in [0.25, 0.3) is 0 Å². The normalized spacial score (nSPS) is 24.6. The summed E-state index contributed by atoms with van der Waals surface area (Å²) in [6.07, 6.45) is -0.432. The number of piperazine rings is 1. The highest BCUT2D eigenvalue weighted by atomic mass is 16.6. The quantitative estimate of drug-likeness (QED) is 0.780. The topological polar surface area (TPSA) is 90.3 Å². The summed E-state index contributed by atoms with van der Waals surface area (Å²) in [6.45, 7) is 7.54. The zero-order chi connectivity index (χ0) is 15.5. The van der Waals surface area contributed by atoms with Crippen molar-refractivity contribution in [2.45, 2.75) is 45.4 Å². The molecule has 0 radical (unpaired) electrons. The first-order valence-corrected chi connectivity index (χ1v) is 6.70. The number of aliphatic hydroxyl groups excluding tert-OH is 1. The van der Waals surface area contributed by atoms with E-state index in [-0.39, 0.29) is 31.8 Å². The molecule has 0 aromatic heterocycles. The highest BCUT2D eigenvalue weighted by Gasteiger charge is 2.36. The molecule has 20 heavy (non-hydrogen) atoms. The summed E-state index contributed by atoms with van der Waals surface area (Å²) in [6, 6.07) is -0.540. The van der Waals surface area contributed by atoms with Gasteiger partial charge in [-0.3, -0.25) is 9.69 Å². The fourth-order valence-corrected chi connectivity index (χ4v) is 2.23. The Morgan fingerprint density at radius 2 is 1.90 bits per heavy atom. The predicted octanol–water partition coefficient (Wildman–Crippen LogP) is 0.373. The second kappa shape index (κ2) is 6.41. The average Bonchev–Trinajstić information content (AvgIpc) is 2.25. The van der Waals surface area contributed by atoms with Crippen molar-refractivity contribution in [2.24, 2.45) is 0 Å². The first-order valence-electron chi connectivity index (χ1n) is 6.70. The SMILES string of the molecule is C[C@@H]1CN(CC(=O)O)[C@@H](CO)CN1C(=O)OC(C)(C)C. The Hall–Kier alpha value is -1.34. The molecule has 0 aliphatic carbocycles. The van der Waals surface area contributed by atoms with Crippen LogP contribution in [0.2, 0.25) is 0 Å². The van der Waals surface area contributed by atoms with Crippen molar-refractivity contribution in [3.8, 4) is 0 Å². The summed E-state index contributed by atoms with van der Waals surface area (Å²) in [5.74, 6) is -0.943. The van der Waals surface area contributed by atoms with E-state index in [4.69, 9.17) is 9.84 Å². The van der Waals surface area contributed by atoms with Crippen LogP contribution in [0.4, 0.5) is 4.79 Å². The molecule has 0 unspecified atom stereocenters. The number of rotatable bonds is 3. The number of carboxylic acid groups (broad SMARTS) is 1. The number of aliphatic carboxylic acids is 1. The van der Waals surface area contributed by atoms with E-state index in [1.54, 1.807) is 30.6 Å². The number of hydrogen-bond donors (Lipinski definition) is 2. The number of hydrogen-bond acceptors (Lipinski definition) is 5. The molecule has 0 aromatic rings. The number of amides is 1. The maximum atomic E-state index is 12.1. The van der Waals surface area contributed by atoms with Crippen LogP contribution in [0.15, 0.2) is 0 Å². The van der Waals surface area contributed by atoms with E-state index in [1.807, 2.05) is 6.92 Å². The van der Waals surface area contributed by atoms with Crippen LogP contribution >= 0.6 is 0 Å². The van der Waals surface area contributed by atoms with Crippen molar-refractivity contribution >= 4 is 12.1 Å². The molecule has 1 fully saturated rings. The van der Waals surface area contributed by atoms with Gasteiger partial charge in [0, 0.05) is 19.1 Å². The Bertz CT molecular complexity index is 366. The van der Waals surface area contributed by atoms with Gasteiger partial charge in [-0.25, -0.2) is 4.79 Å². The van der Waals surface area contributed by atoms with Crippen molar-refractivity contribution in [1.29, 1.82) is 0 Å². The van der Waals surface area contributed by atoms with Crippen LogP contribution in [0.25, 0.3) is 0 Å². The zero-order valence-corrected chi connectivity index (χ0v) is 12.5. The molecular formula is C13H24N2O5. The molecule has 0 spiro atoms. The number of carbonyl (C=O) groups excluding carboxylic acids is 1. The van der Waals surface area contributed by atoms with Crippen molar-refractivity contribution in [1.82, 2.24) is 9.80 Å². The number of aliphatic hydroxyl groups is 1. The Labute approximate surface area is 119 Å². The molecular weight excluding hydrogens is 264 g/mol. The maximum Gasteiger partial charge on any atom is 0.410 e. The van der Waals surface area contributed by atoms with Crippen LogP contribution in [0, 0.1) is 0 Å². The Morgan fingerprint density at radius 3 is 2.35 bits per heavy atom. The van der Waals surface area contributed by atoms with Crippen molar-refractivity contribution in [2.75, 3.05) is 26.2 Å². The van der Waals surface area contributed by atoms with E-state index in [9.17, 15) is 14.7 Å². The molecule has 1 aliphatic heterocycles. The molecule has 1 heterocycles. The lowest BCUT2D eigenvalue weighted by atomic mass is 10.1. The van der Waals surface area contributed by atoms with E-state index >= 15 is 0 Å². The fourth-order valence-electron chi connectivity index (χ4n) is 2.23. The van der Waals surface area contributed by atoms with Crippen LogP contribution in [0.1, 0.15) is 27.7 Å². The van der Waals surface area contributed by atoms with Gasteiger partial charge in [-0.15, -0.1) is 0 Å². The molecule has 0 aromatic carbocycles. The maximum absolute atomic E-state index is 12.1. The largest absolute Gasteiger partial charge is 0.480 e. The molecule has 1 rings (SSSR count). The van der Waals surface area contributed by atoms with E-state index in [0.29, 0.717) is 6.54 Å². The molecule has 7 nitrogen and oxygen atoms in total. The highest BCUT2D eigenvalue weighted by Crippen LogP contribution is 2.18. The van der Waals surface area contributed by atoms with Gasteiger partial charge in [-0.2, -0.15) is 0 Å². The Kier molecular flexibility index (Phi) is 5.35. The summed E-state index contributed by atoms with van der Waals surface area (Å²) >= 11 is 0. The van der Waals surface area contributed by atoms with Crippen molar-refractivity contribution in [3.05, 3.63) is 0 Å². The second-order valence-corrected chi connectivity index (χ2v) is 6.14. The average molecular weight is 288 g/mol. The minimum atomic E-state index is -0.943. The molecule has 116 valence electrons. The summed E-state index contributed by atoms with van der Waals surface area (Å²) < 4.78 is 5.33. The van der Waals surface area contributed by atoms with E-state index < -0.39 is 17.7 Å². The highest BCUT2D eigenvalue weighted by molar-refractivity contribution is 5.70. The van der Waals surface area contributed by atoms with Crippen molar-refractivity contribution in [3.63, 3.8) is 0 Å². The number of carboxylic acids is 1. The fraction of sp³-hybridized carbons (Fsp3) is 0.846. The van der Waals surface area contributed by atoms with Gasteiger partial charge < -0.3 is 19.8 Å². The third kappa shape index (κ3) is 4.64. The summed E-state index contributed by atoms with van der Waals surface area (Å²) in [7, 11) is 0. The van der Waals surface area contributed by atoms with Crippen LogP contribution in [-0.4, -0.2) is 76.0 Å². The molecule has 7 heteroatoms. The van der Waals surface area contributed by atoms with Gasteiger partial charge >= 0.3 is 12.1 Å². The third-order valence-electron chi connectivity index (χ3n) is 3.13. The molecule has 2 N–H and O–H groups in total. The minimum absolute atomic E-state index is 0.141. The Morgan fingerprint density at radius 1 is 1.30 bits per heavy atom. The second-order valence-electron chi connectivity index (χ2n) is 6.14. The lowest BCUT2D eigenvalue weighted by Gasteiger charge is -2.44. The number of nitrogens with zero attached hydrogens (tertiary/aromatic N) is 2. The van der Waals surface area contributed by atoms with Crippen LogP contribution in [-0.2, 0) is 9.53 Å². The predicted molar refractivity (Wildman–Crippen MR) is 72.5 cm³/mol. The molecule has 1 amide bonds. The van der Waals surface area contributed by atoms with E-state index in [1.165, 1.54) is 0 Å². The van der Waals surface area contributed by atoms with Gasteiger partial charge in [0.15, 0.2) is 0 Å². The minimum Gasteiger partial charge on any atom is -0.480 e. The van der Waals surface area contributed by atoms with Gasteiger partial charge in [0.05, 0.1) is 19.2 Å². The van der Waals surface area contributed by atoms with Gasteiger partial charge in [-0.05, 0) is 27.7 Å². The van der Waals surface area contributed by atoms with Crippen LogP contribution in [0.5, 0.6) is 0 Å². The molecule has 1 saturated heterocycles. The summed E-state index contributed by atoms with van der Waals surface area (Å²) in [4.78, 5) is 26.1. The number of ether oxygens (including phenoxy) is 1. The molecule has 0 bridgehead atoms. The first kappa shape index (κ1) is 16.7. The Balaban J connectivity index is 2.73. The summed E-state index contributed by atoms with van der Waals surface area (Å²) in [5.41, 5.74) is -0.580. The van der Waals surface area contributed by atoms with E-state index in [0.717, 1.165) is 0 Å². The van der Waals surface area contributed by atoms with Crippen LogP contribution < -0.4 is 0 Å². The van der Waals surface area contributed by atoms with Gasteiger partial charge in [0.1, 0.15) is 5.60 Å². The van der Waals surface area contributed by atoms with E-state index in [2.05, 4.69) is 0 Å². The number of carbonyl (C=O) groups is 2. The molecule has 0 saturated carbocycles. The molecule has 2 atom stereocenters. The third-order valence-corrected chi connectivity index (χ3v) is 3.13. The smallest absolute Gasteiger partial charge is 0.410 e. The van der Waals surface area contributed by atoms with Crippen molar-refractivity contribution < 1.29 is 24.5 Å². The first-order chi connectivity index (χ1) is 9.14. The lowest BCUT2D eigenvalue weighted by Crippen LogP contribution is -2.61. The summed E-state index contributed by atoms with van der Waals surface area (Å²) in [5, 5.41) is 18.2. The molecule has 1 aliphatic rings. The van der Waals surface area contributed by atoms with Crippen LogP contribution in [0.3, 0.4) is 0 Å². The van der Waals surface area contributed by atoms with Gasteiger partial charge in [0.2, 0.25) is 0 Å². The zero-order valence-electron chi connectivity index (χ0n) is 12.5. The standard InChI is InChI=1S/C13H24N2O5/c1-9-5-14(7-11(17)18)10(8-16)6-15(9)12(19)20-13(2,3)4/h9-10,16H,5-8H2,1-4H3,(H,17,18)/t9-,10-/m1/s1. The van der Waals surface area contributed by atoms with Gasteiger partial charge in [-0.1, -0.05) is 0 Å². The monoisotopic (exact) mass is 288 g/mol.